The van der Waals surface area contributed by atoms with Gasteiger partial charge >= 0.3 is 0 Å². The van der Waals surface area contributed by atoms with E-state index >= 15 is 0 Å². The summed E-state index contributed by atoms with van der Waals surface area (Å²) in [4.78, 5) is 0. The smallest absolute Gasteiger partial charge is 0.0626 e. The molecule has 7 aromatic rings. The summed E-state index contributed by atoms with van der Waals surface area (Å²) in [5, 5.41) is 3.84. The first-order chi connectivity index (χ1) is 19.0. The fraction of sp³-hybridized carbons (Fsp3) is 0.105. The van der Waals surface area contributed by atoms with E-state index in [1.54, 1.807) is 0 Å². The van der Waals surface area contributed by atoms with E-state index < -0.39 is 0 Å². The van der Waals surface area contributed by atoms with Gasteiger partial charge in [0.25, 0.3) is 0 Å². The molecule has 0 amide bonds. The summed E-state index contributed by atoms with van der Waals surface area (Å²) in [5.41, 5.74) is 15.1. The standard InChI is InChI=1S/C38H31N/c1-24-9-16-28(17-10-24)35-32-7-5-6-8-34(32)39-37(30-20-13-26(3)14-21-30)36(29-18-11-25(2)12-19-29)33-23-27(4)15-22-31(33)38(35)39/h5-23H,1-4H3. The van der Waals surface area contributed by atoms with Crippen molar-refractivity contribution in [2.24, 2.45) is 0 Å². The zero-order chi connectivity index (χ0) is 26.7. The number of para-hydroxylation sites is 1. The van der Waals surface area contributed by atoms with Crippen LogP contribution in [0, 0.1) is 27.7 Å². The van der Waals surface area contributed by atoms with Gasteiger partial charge in [0.05, 0.1) is 16.7 Å². The Kier molecular flexibility index (Phi) is 5.42. The molecule has 0 unspecified atom stereocenters. The second-order valence-corrected chi connectivity index (χ2v) is 10.9. The van der Waals surface area contributed by atoms with Crippen LogP contribution in [-0.4, -0.2) is 4.40 Å². The third kappa shape index (κ3) is 3.77. The summed E-state index contributed by atoms with van der Waals surface area (Å²) in [7, 11) is 0. The third-order valence-corrected chi connectivity index (χ3v) is 8.04. The normalized spacial score (nSPS) is 11.6. The first-order valence-electron chi connectivity index (χ1n) is 13.7. The molecule has 0 aliphatic rings. The number of pyridine rings is 1. The number of aryl methyl sites for hydroxylation is 4. The van der Waals surface area contributed by atoms with E-state index in [-0.39, 0.29) is 0 Å². The number of hydrogen-bond donors (Lipinski definition) is 0. The zero-order valence-electron chi connectivity index (χ0n) is 22.9. The van der Waals surface area contributed by atoms with Crippen molar-refractivity contribution in [3.8, 4) is 33.5 Å². The average molecular weight is 502 g/mol. The highest BCUT2D eigenvalue weighted by Crippen LogP contribution is 2.47. The second kappa shape index (κ2) is 8.99. The Morgan fingerprint density at radius 1 is 0.410 bits per heavy atom. The van der Waals surface area contributed by atoms with Gasteiger partial charge in [-0.05, 0) is 55.8 Å². The molecule has 0 radical (unpaired) electrons. The Labute approximate surface area is 230 Å². The minimum absolute atomic E-state index is 1.22. The molecule has 0 saturated heterocycles. The molecule has 2 aromatic heterocycles. The molecule has 0 aliphatic carbocycles. The van der Waals surface area contributed by atoms with Crippen molar-refractivity contribution in [2.75, 3.05) is 0 Å². The van der Waals surface area contributed by atoms with Gasteiger partial charge in [0, 0.05) is 21.9 Å². The lowest BCUT2D eigenvalue weighted by Gasteiger charge is -2.20. The van der Waals surface area contributed by atoms with Crippen LogP contribution in [0.3, 0.4) is 0 Å². The van der Waals surface area contributed by atoms with Crippen LogP contribution in [0.5, 0.6) is 0 Å². The van der Waals surface area contributed by atoms with Gasteiger partial charge in [-0.1, -0.05) is 131 Å². The Hall–Kier alpha value is -4.62. The molecular weight excluding hydrogens is 470 g/mol. The molecule has 2 heterocycles. The molecule has 0 spiro atoms. The Balaban J connectivity index is 1.79. The van der Waals surface area contributed by atoms with Gasteiger partial charge in [0.1, 0.15) is 0 Å². The highest BCUT2D eigenvalue weighted by atomic mass is 14.9. The monoisotopic (exact) mass is 501 g/mol. The largest absolute Gasteiger partial charge is 0.307 e. The molecule has 7 rings (SSSR count). The van der Waals surface area contributed by atoms with E-state index in [1.165, 1.54) is 83.0 Å². The maximum absolute atomic E-state index is 2.53. The third-order valence-electron chi connectivity index (χ3n) is 8.04. The number of hydrogen-bond acceptors (Lipinski definition) is 0. The average Bonchev–Trinajstić information content (AvgIpc) is 3.29. The molecule has 0 N–H and O–H groups in total. The van der Waals surface area contributed by atoms with Crippen LogP contribution >= 0.6 is 0 Å². The van der Waals surface area contributed by atoms with Crippen molar-refractivity contribution < 1.29 is 0 Å². The van der Waals surface area contributed by atoms with E-state index in [9.17, 15) is 0 Å². The highest BCUT2D eigenvalue weighted by molar-refractivity contribution is 6.20. The molecule has 0 bridgehead atoms. The lowest BCUT2D eigenvalue weighted by molar-refractivity contribution is 1.27. The maximum atomic E-state index is 2.53. The summed E-state index contributed by atoms with van der Waals surface area (Å²) in [6.07, 6.45) is 0. The Morgan fingerprint density at radius 2 is 0.923 bits per heavy atom. The molecule has 0 saturated carbocycles. The van der Waals surface area contributed by atoms with E-state index in [0.29, 0.717) is 0 Å². The number of nitrogens with zero attached hydrogens (tertiary/aromatic N) is 1. The number of rotatable bonds is 3. The summed E-state index contributed by atoms with van der Waals surface area (Å²) in [6.45, 7) is 8.67. The van der Waals surface area contributed by atoms with E-state index in [0.717, 1.165) is 0 Å². The second-order valence-electron chi connectivity index (χ2n) is 10.9. The molecule has 39 heavy (non-hydrogen) atoms. The fourth-order valence-electron chi connectivity index (χ4n) is 6.05. The van der Waals surface area contributed by atoms with Gasteiger partial charge in [-0.2, -0.15) is 0 Å². The van der Waals surface area contributed by atoms with Crippen molar-refractivity contribution in [1.29, 1.82) is 0 Å². The summed E-state index contributed by atoms with van der Waals surface area (Å²) >= 11 is 0. The minimum atomic E-state index is 1.22. The Morgan fingerprint density at radius 3 is 1.54 bits per heavy atom. The van der Waals surface area contributed by atoms with Crippen molar-refractivity contribution in [3.63, 3.8) is 0 Å². The van der Waals surface area contributed by atoms with Crippen molar-refractivity contribution >= 4 is 27.2 Å². The van der Waals surface area contributed by atoms with Crippen LogP contribution in [-0.2, 0) is 0 Å². The summed E-state index contributed by atoms with van der Waals surface area (Å²) in [6, 6.07) is 42.9. The maximum Gasteiger partial charge on any atom is 0.0626 e. The first-order valence-corrected chi connectivity index (χ1v) is 13.7. The number of fused-ring (bicyclic) bond motifs is 5. The van der Waals surface area contributed by atoms with E-state index in [4.69, 9.17) is 0 Å². The van der Waals surface area contributed by atoms with Crippen molar-refractivity contribution in [3.05, 3.63) is 138 Å². The summed E-state index contributed by atoms with van der Waals surface area (Å²) < 4.78 is 2.53. The first kappa shape index (κ1) is 23.5. The minimum Gasteiger partial charge on any atom is -0.307 e. The van der Waals surface area contributed by atoms with Gasteiger partial charge < -0.3 is 4.40 Å². The lowest BCUT2D eigenvalue weighted by Crippen LogP contribution is -1.99. The molecule has 0 aliphatic heterocycles. The van der Waals surface area contributed by atoms with E-state index in [1.807, 2.05) is 0 Å². The molecule has 0 atom stereocenters. The van der Waals surface area contributed by atoms with Gasteiger partial charge in [-0.15, -0.1) is 0 Å². The van der Waals surface area contributed by atoms with Gasteiger partial charge in [-0.3, -0.25) is 0 Å². The van der Waals surface area contributed by atoms with E-state index in [2.05, 4.69) is 147 Å². The molecule has 0 fully saturated rings. The van der Waals surface area contributed by atoms with Crippen LogP contribution < -0.4 is 0 Å². The van der Waals surface area contributed by atoms with Crippen molar-refractivity contribution in [1.82, 2.24) is 4.40 Å². The van der Waals surface area contributed by atoms with Crippen LogP contribution in [0.4, 0.5) is 0 Å². The fourth-order valence-corrected chi connectivity index (χ4v) is 6.05. The quantitative estimate of drug-likeness (QED) is 0.227. The lowest BCUT2D eigenvalue weighted by atomic mass is 9.90. The highest BCUT2D eigenvalue weighted by Gasteiger charge is 2.24. The molecule has 1 nitrogen and oxygen atoms in total. The SMILES string of the molecule is Cc1ccc(-c2c(-c3ccc(C)cc3)n3c4ccccc4c(-c4ccc(C)cc4)c3c3ccc(C)cc23)cc1. The topological polar surface area (TPSA) is 4.41 Å². The van der Waals surface area contributed by atoms with Crippen LogP contribution in [0.15, 0.2) is 115 Å². The molecule has 1 heteroatoms. The zero-order valence-corrected chi connectivity index (χ0v) is 22.9. The molecule has 188 valence electrons. The van der Waals surface area contributed by atoms with Gasteiger partial charge in [0.15, 0.2) is 0 Å². The molecule has 5 aromatic carbocycles. The Bertz CT molecular complexity index is 2000. The van der Waals surface area contributed by atoms with Crippen LogP contribution in [0.1, 0.15) is 22.3 Å². The summed E-state index contributed by atoms with van der Waals surface area (Å²) in [5.74, 6) is 0. The van der Waals surface area contributed by atoms with Crippen molar-refractivity contribution in [2.45, 2.75) is 27.7 Å². The van der Waals surface area contributed by atoms with Gasteiger partial charge in [0.2, 0.25) is 0 Å². The molecular formula is C38H31N. The predicted octanol–water partition coefficient (Wildman–Crippen LogP) is 10.5. The van der Waals surface area contributed by atoms with Crippen LogP contribution in [0.2, 0.25) is 0 Å². The van der Waals surface area contributed by atoms with Gasteiger partial charge in [-0.25, -0.2) is 0 Å². The number of benzene rings is 5. The van der Waals surface area contributed by atoms with Crippen LogP contribution in [0.25, 0.3) is 60.7 Å². The predicted molar refractivity (Wildman–Crippen MR) is 168 cm³/mol. The number of aromatic nitrogens is 1.